The topological polar surface area (TPSA) is 64.6 Å². The van der Waals surface area contributed by atoms with Crippen LogP contribution in [0.2, 0.25) is 10.0 Å². The SMILES string of the molecule is COc1ccc2c(Cl)c(C(=O)OCC(=O)Nc3cc(F)ccc3F)sc2c1Cl. The Labute approximate surface area is 171 Å². The van der Waals surface area contributed by atoms with Crippen LogP contribution in [0.15, 0.2) is 30.3 Å². The first-order chi connectivity index (χ1) is 13.3. The van der Waals surface area contributed by atoms with Crippen molar-refractivity contribution >= 4 is 62.2 Å². The molecule has 10 heteroatoms. The molecule has 0 saturated carbocycles. The van der Waals surface area contributed by atoms with Gasteiger partial charge in [0, 0.05) is 11.5 Å². The first kappa shape index (κ1) is 20.3. The number of ether oxygens (including phenoxy) is 2. The largest absolute Gasteiger partial charge is 0.495 e. The number of nitrogens with one attached hydrogen (secondary N) is 1. The van der Waals surface area contributed by atoms with Crippen LogP contribution in [0.4, 0.5) is 14.5 Å². The van der Waals surface area contributed by atoms with Gasteiger partial charge in [-0.05, 0) is 24.3 Å². The molecule has 0 saturated heterocycles. The predicted octanol–water partition coefficient (Wildman–Crippen LogP) is 5.29. The molecule has 0 aliphatic rings. The second-order valence-electron chi connectivity index (χ2n) is 5.45. The van der Waals surface area contributed by atoms with Crippen LogP contribution in [0.25, 0.3) is 10.1 Å². The lowest BCUT2D eigenvalue weighted by Gasteiger charge is -2.07. The highest BCUT2D eigenvalue weighted by Crippen LogP contribution is 2.43. The van der Waals surface area contributed by atoms with E-state index >= 15 is 0 Å². The Hall–Kier alpha value is -2.42. The molecule has 0 spiro atoms. The molecule has 28 heavy (non-hydrogen) atoms. The Morgan fingerprint density at radius 3 is 2.61 bits per heavy atom. The number of rotatable bonds is 5. The van der Waals surface area contributed by atoms with Crippen LogP contribution in [0.5, 0.6) is 5.75 Å². The highest BCUT2D eigenvalue weighted by atomic mass is 35.5. The van der Waals surface area contributed by atoms with Crippen LogP contribution in [-0.2, 0) is 9.53 Å². The molecule has 3 aromatic rings. The van der Waals surface area contributed by atoms with Crippen molar-refractivity contribution in [3.05, 3.63) is 56.9 Å². The third kappa shape index (κ3) is 4.04. The number of hydrogen-bond donors (Lipinski definition) is 1. The highest BCUT2D eigenvalue weighted by molar-refractivity contribution is 7.22. The minimum Gasteiger partial charge on any atom is -0.495 e. The first-order valence-corrected chi connectivity index (χ1v) is 9.25. The molecule has 3 rings (SSSR count). The van der Waals surface area contributed by atoms with Crippen LogP contribution >= 0.6 is 34.5 Å². The van der Waals surface area contributed by atoms with Gasteiger partial charge in [-0.15, -0.1) is 11.3 Å². The average Bonchev–Trinajstić information content (AvgIpc) is 3.01. The molecule has 0 atom stereocenters. The van der Waals surface area contributed by atoms with Gasteiger partial charge in [0.1, 0.15) is 27.3 Å². The van der Waals surface area contributed by atoms with E-state index in [0.717, 1.165) is 29.5 Å². The predicted molar refractivity (Wildman–Crippen MR) is 104 cm³/mol. The molecule has 0 aliphatic carbocycles. The quantitative estimate of drug-likeness (QED) is 0.541. The van der Waals surface area contributed by atoms with Gasteiger partial charge in [-0.1, -0.05) is 23.2 Å². The van der Waals surface area contributed by atoms with Crippen LogP contribution < -0.4 is 10.1 Å². The van der Waals surface area contributed by atoms with Crippen LogP contribution in [0.3, 0.4) is 0 Å². The fourth-order valence-corrected chi connectivity index (χ4v) is 4.13. The minimum absolute atomic E-state index is 0.0524. The molecule has 5 nitrogen and oxygen atoms in total. The molecular formula is C18H11Cl2F2NO4S. The van der Waals surface area contributed by atoms with Crippen molar-refractivity contribution in [2.75, 3.05) is 19.0 Å². The summed E-state index contributed by atoms with van der Waals surface area (Å²) >= 11 is 13.4. The van der Waals surface area contributed by atoms with Gasteiger partial charge in [0.15, 0.2) is 6.61 Å². The molecule has 1 aromatic heterocycles. The summed E-state index contributed by atoms with van der Waals surface area (Å²) in [6.07, 6.45) is 0. The van der Waals surface area contributed by atoms with Crippen molar-refractivity contribution in [1.82, 2.24) is 0 Å². The first-order valence-electron chi connectivity index (χ1n) is 7.68. The van der Waals surface area contributed by atoms with E-state index in [1.165, 1.54) is 7.11 Å². The number of carbonyl (C=O) groups excluding carboxylic acids is 2. The number of carbonyl (C=O) groups is 2. The number of amides is 1. The summed E-state index contributed by atoms with van der Waals surface area (Å²) in [6.45, 7) is -0.712. The number of thiophene rings is 1. The number of halogens is 4. The van der Waals surface area contributed by atoms with Gasteiger partial charge in [0.05, 0.1) is 22.5 Å². The van der Waals surface area contributed by atoms with Crippen molar-refractivity contribution in [3.63, 3.8) is 0 Å². The van der Waals surface area contributed by atoms with E-state index in [4.69, 9.17) is 32.7 Å². The van der Waals surface area contributed by atoms with Gasteiger partial charge in [0.25, 0.3) is 5.91 Å². The lowest BCUT2D eigenvalue weighted by molar-refractivity contribution is -0.119. The molecule has 0 bridgehead atoms. The van der Waals surface area contributed by atoms with Gasteiger partial charge in [-0.3, -0.25) is 4.79 Å². The molecule has 0 unspecified atom stereocenters. The van der Waals surface area contributed by atoms with Gasteiger partial charge in [-0.2, -0.15) is 0 Å². The second-order valence-corrected chi connectivity index (χ2v) is 7.23. The normalized spacial score (nSPS) is 10.8. The molecule has 0 radical (unpaired) electrons. The van der Waals surface area contributed by atoms with Gasteiger partial charge in [-0.25, -0.2) is 13.6 Å². The van der Waals surface area contributed by atoms with E-state index < -0.39 is 30.1 Å². The summed E-state index contributed by atoms with van der Waals surface area (Å²) in [5.41, 5.74) is -0.361. The van der Waals surface area contributed by atoms with Gasteiger partial charge in [0.2, 0.25) is 0 Å². The van der Waals surface area contributed by atoms with E-state index in [0.29, 0.717) is 20.9 Å². The Morgan fingerprint density at radius 2 is 1.89 bits per heavy atom. The fourth-order valence-electron chi connectivity index (χ4n) is 2.34. The maximum absolute atomic E-state index is 13.5. The molecule has 1 amide bonds. The van der Waals surface area contributed by atoms with Crippen molar-refractivity contribution in [2.24, 2.45) is 0 Å². The number of benzene rings is 2. The summed E-state index contributed by atoms with van der Waals surface area (Å²) in [6, 6.07) is 5.85. The summed E-state index contributed by atoms with van der Waals surface area (Å²) < 4.78 is 37.2. The Morgan fingerprint density at radius 1 is 1.14 bits per heavy atom. The van der Waals surface area contributed by atoms with Gasteiger partial charge < -0.3 is 14.8 Å². The number of hydrogen-bond acceptors (Lipinski definition) is 5. The molecule has 146 valence electrons. The molecule has 0 fully saturated rings. The zero-order chi connectivity index (χ0) is 20.4. The van der Waals surface area contributed by atoms with Crippen molar-refractivity contribution < 1.29 is 27.8 Å². The van der Waals surface area contributed by atoms with E-state index in [2.05, 4.69) is 5.32 Å². The van der Waals surface area contributed by atoms with Gasteiger partial charge >= 0.3 is 5.97 Å². The van der Waals surface area contributed by atoms with E-state index in [9.17, 15) is 18.4 Å². The summed E-state index contributed by atoms with van der Waals surface area (Å²) in [4.78, 5) is 24.2. The molecular weight excluding hydrogens is 435 g/mol. The third-order valence-corrected chi connectivity index (χ3v) is 5.84. The van der Waals surface area contributed by atoms with Crippen LogP contribution in [0.1, 0.15) is 9.67 Å². The summed E-state index contributed by atoms with van der Waals surface area (Å²) in [5.74, 6) is -2.82. The smallest absolute Gasteiger partial charge is 0.350 e. The third-order valence-electron chi connectivity index (χ3n) is 3.64. The maximum Gasteiger partial charge on any atom is 0.350 e. The van der Waals surface area contributed by atoms with Crippen molar-refractivity contribution in [2.45, 2.75) is 0 Å². The monoisotopic (exact) mass is 445 g/mol. The molecule has 1 heterocycles. The van der Waals surface area contributed by atoms with E-state index in [-0.39, 0.29) is 15.6 Å². The standard InChI is InChI=1S/C18H11Cl2F2NO4S/c1-26-12-5-3-9-14(19)17(28-16(9)15(12)20)18(25)27-7-13(24)23-11-6-8(21)2-4-10(11)22/h2-6H,7H2,1H3,(H,23,24). The Balaban J connectivity index is 1.73. The average molecular weight is 446 g/mol. The van der Waals surface area contributed by atoms with Crippen molar-refractivity contribution in [1.29, 1.82) is 0 Å². The zero-order valence-electron chi connectivity index (χ0n) is 14.1. The number of esters is 1. The number of anilines is 1. The maximum atomic E-state index is 13.5. The number of methoxy groups -OCH3 is 1. The second kappa shape index (κ2) is 8.30. The lowest BCUT2D eigenvalue weighted by atomic mass is 10.2. The molecule has 2 aromatic carbocycles. The summed E-state index contributed by atoms with van der Waals surface area (Å²) in [5, 5.41) is 3.09. The van der Waals surface area contributed by atoms with E-state index in [1.54, 1.807) is 12.1 Å². The fraction of sp³-hybridized carbons (Fsp3) is 0.111. The Kier molecular flexibility index (Phi) is 6.02. The highest BCUT2D eigenvalue weighted by Gasteiger charge is 2.22. The molecule has 0 aliphatic heterocycles. The van der Waals surface area contributed by atoms with Crippen LogP contribution in [0, 0.1) is 11.6 Å². The van der Waals surface area contributed by atoms with Crippen molar-refractivity contribution in [3.8, 4) is 5.75 Å². The minimum atomic E-state index is -0.851. The Bertz CT molecular complexity index is 1090. The summed E-state index contributed by atoms with van der Waals surface area (Å²) in [7, 11) is 1.46. The molecule has 1 N–H and O–H groups in total. The van der Waals surface area contributed by atoms with E-state index in [1.807, 2.05) is 0 Å². The van der Waals surface area contributed by atoms with Crippen LogP contribution in [-0.4, -0.2) is 25.6 Å². The lowest BCUT2D eigenvalue weighted by Crippen LogP contribution is -2.21. The number of fused-ring (bicyclic) bond motifs is 1. The zero-order valence-corrected chi connectivity index (χ0v) is 16.5.